The number of rotatable bonds is 2. The normalized spacial score (nSPS) is 23.2. The molecule has 4 atom stereocenters. The summed E-state index contributed by atoms with van der Waals surface area (Å²) in [6.45, 7) is 5.73. The first-order valence-electron chi connectivity index (χ1n) is 17.0. The number of aliphatic hydroxyl groups is 2. The molecule has 2 aromatic heterocycles. The van der Waals surface area contributed by atoms with Crippen molar-refractivity contribution >= 4 is 46.3 Å². The quantitative estimate of drug-likeness (QED) is 0.163. The molecule has 2 fully saturated rings. The van der Waals surface area contributed by atoms with E-state index in [9.17, 15) is 29.4 Å². The second-order valence-electron chi connectivity index (χ2n) is 13.3. The zero-order valence-corrected chi connectivity index (χ0v) is 30.7. The Balaban J connectivity index is 0.000000167. The molecule has 0 spiro atoms. The van der Waals surface area contributed by atoms with Gasteiger partial charge in [0.15, 0.2) is 10.0 Å². The number of ether oxygens (including phenoxy) is 2. The van der Waals surface area contributed by atoms with Gasteiger partial charge in [-0.2, -0.15) is 0 Å². The van der Waals surface area contributed by atoms with E-state index in [2.05, 4.69) is 44.3 Å². The third kappa shape index (κ3) is 7.00. The second-order valence-corrected chi connectivity index (χ2v) is 15.3. The average molecular weight is 767 g/mol. The Morgan fingerprint density at radius 2 is 1.17 bits per heavy atom. The van der Waals surface area contributed by atoms with Gasteiger partial charge < -0.3 is 41.8 Å². The maximum Gasteiger partial charge on any atom is 0.277 e. The summed E-state index contributed by atoms with van der Waals surface area (Å²) in [4.78, 5) is 57.2. The van der Waals surface area contributed by atoms with Gasteiger partial charge in [-0.15, -0.1) is 22.7 Å². The summed E-state index contributed by atoms with van der Waals surface area (Å²) in [5.41, 5.74) is 11.4. The van der Waals surface area contributed by atoms with Gasteiger partial charge in [0.25, 0.3) is 23.6 Å². The molecule has 2 saturated heterocycles. The number of nitrogens with zero attached hydrogens (tertiary/aromatic N) is 2. The molecule has 0 unspecified atom stereocenters. The van der Waals surface area contributed by atoms with Crippen LogP contribution in [-0.4, -0.2) is 81.3 Å². The number of hydrogen-bond acceptors (Lipinski definition) is 12. The van der Waals surface area contributed by atoms with Crippen LogP contribution in [-0.2, 0) is 9.59 Å². The fourth-order valence-corrected chi connectivity index (χ4v) is 8.10. The van der Waals surface area contributed by atoms with E-state index in [4.69, 9.17) is 20.9 Å². The van der Waals surface area contributed by atoms with Gasteiger partial charge in [0.1, 0.15) is 11.5 Å². The highest BCUT2D eigenvalue weighted by Gasteiger charge is 2.39. The van der Waals surface area contributed by atoms with Crippen LogP contribution in [0.1, 0.15) is 79.0 Å². The summed E-state index contributed by atoms with van der Waals surface area (Å²) >= 11 is 2.55. The largest absolute Gasteiger partial charge is 0.492 e. The van der Waals surface area contributed by atoms with E-state index in [-0.39, 0.29) is 34.7 Å². The van der Waals surface area contributed by atoms with Crippen LogP contribution in [0.3, 0.4) is 0 Å². The number of nitrogens with two attached hydrogens (primary N) is 2. The molecule has 0 saturated carbocycles. The van der Waals surface area contributed by atoms with Gasteiger partial charge in [-0.3, -0.25) is 19.2 Å². The van der Waals surface area contributed by atoms with E-state index in [0.29, 0.717) is 71.4 Å². The molecule has 4 amide bonds. The van der Waals surface area contributed by atoms with Gasteiger partial charge in [-0.1, -0.05) is 37.5 Å². The lowest BCUT2D eigenvalue weighted by atomic mass is 10.0. The molecule has 54 heavy (non-hydrogen) atoms. The van der Waals surface area contributed by atoms with Crippen LogP contribution in [0.15, 0.2) is 36.4 Å². The minimum atomic E-state index is -1.66. The third-order valence-corrected chi connectivity index (χ3v) is 11.8. The Labute approximate surface area is 317 Å². The van der Waals surface area contributed by atoms with Crippen LogP contribution >= 0.6 is 22.7 Å². The Morgan fingerprint density at radius 3 is 1.52 bits per heavy atom. The van der Waals surface area contributed by atoms with Crippen LogP contribution in [0.25, 0.3) is 22.5 Å². The molecule has 4 aliphatic heterocycles. The van der Waals surface area contributed by atoms with E-state index in [1.165, 1.54) is 22.7 Å². The molecule has 4 aliphatic rings. The smallest absolute Gasteiger partial charge is 0.277 e. The predicted molar refractivity (Wildman–Crippen MR) is 199 cm³/mol. The molecule has 14 nitrogen and oxygen atoms in total. The molecule has 276 valence electrons. The van der Waals surface area contributed by atoms with Crippen molar-refractivity contribution < 1.29 is 38.9 Å². The van der Waals surface area contributed by atoms with E-state index >= 15 is 0 Å². The van der Waals surface area contributed by atoms with E-state index < -0.39 is 34.8 Å². The molecular weight excluding hydrogens is 733 g/mol. The minimum Gasteiger partial charge on any atom is -0.492 e. The Hall–Kier alpha value is -5.78. The SMILES string of the molecule is C[C@@H]1COc2ccc(C#C[C@]3(O)CCNC3=O)cc2-c2nc(C(N)=O)sc21.C[C@H]1COc2ccc(C#C[C@]3(O)CCNC3=O)cc2-c2nc(C(N)=O)sc21. The molecule has 2 aromatic carbocycles. The number of primary amides is 2. The average Bonchev–Trinajstić information content (AvgIpc) is 3.92. The summed E-state index contributed by atoms with van der Waals surface area (Å²) in [7, 11) is 0. The summed E-state index contributed by atoms with van der Waals surface area (Å²) in [5.74, 6) is 10.4. The highest BCUT2D eigenvalue weighted by atomic mass is 32.1. The Morgan fingerprint density at radius 1 is 0.759 bits per heavy atom. The fraction of sp³-hybridized carbons (Fsp3) is 0.316. The zero-order valence-electron chi connectivity index (χ0n) is 29.1. The van der Waals surface area contributed by atoms with Gasteiger partial charge in [-0.25, -0.2) is 9.97 Å². The van der Waals surface area contributed by atoms with Crippen molar-refractivity contribution in [1.82, 2.24) is 20.6 Å². The highest BCUT2D eigenvalue weighted by molar-refractivity contribution is 7.14. The molecular formula is C38H34N6O8S2. The lowest BCUT2D eigenvalue weighted by Gasteiger charge is -2.10. The molecule has 16 heteroatoms. The molecule has 8 N–H and O–H groups in total. The van der Waals surface area contributed by atoms with E-state index in [1.54, 1.807) is 36.4 Å². The minimum absolute atomic E-state index is 0.0652. The summed E-state index contributed by atoms with van der Waals surface area (Å²) < 4.78 is 11.7. The van der Waals surface area contributed by atoms with Gasteiger partial charge in [0, 0.05) is 69.8 Å². The van der Waals surface area contributed by atoms with Gasteiger partial charge >= 0.3 is 0 Å². The number of thiazole rings is 2. The van der Waals surface area contributed by atoms with Gasteiger partial charge in [-0.05, 0) is 36.4 Å². The van der Waals surface area contributed by atoms with Crippen molar-refractivity contribution in [1.29, 1.82) is 0 Å². The van der Waals surface area contributed by atoms with Crippen LogP contribution in [0.2, 0.25) is 0 Å². The van der Waals surface area contributed by atoms with E-state index in [0.717, 1.165) is 9.75 Å². The van der Waals surface area contributed by atoms with Gasteiger partial charge in [0.05, 0.1) is 24.6 Å². The number of carbonyl (C=O) groups is 4. The van der Waals surface area contributed by atoms with Crippen molar-refractivity contribution in [3.8, 4) is 57.7 Å². The predicted octanol–water partition coefficient (Wildman–Crippen LogP) is 2.01. The van der Waals surface area contributed by atoms with Crippen LogP contribution < -0.4 is 31.6 Å². The fourth-order valence-electron chi connectivity index (χ4n) is 6.17. The highest BCUT2D eigenvalue weighted by Crippen LogP contribution is 2.43. The molecule has 4 aromatic rings. The lowest BCUT2D eigenvalue weighted by Crippen LogP contribution is -2.36. The molecule has 0 bridgehead atoms. The summed E-state index contributed by atoms with van der Waals surface area (Å²) in [6, 6.07) is 10.7. The number of benzene rings is 2. The van der Waals surface area contributed by atoms with Crippen LogP contribution in [0.5, 0.6) is 11.5 Å². The summed E-state index contributed by atoms with van der Waals surface area (Å²) in [6.07, 6.45) is 0.505. The number of hydrogen-bond donors (Lipinski definition) is 6. The topological polar surface area (TPSA) is 229 Å². The monoisotopic (exact) mass is 766 g/mol. The van der Waals surface area contributed by atoms with Crippen molar-refractivity contribution in [2.75, 3.05) is 26.3 Å². The van der Waals surface area contributed by atoms with Gasteiger partial charge in [0.2, 0.25) is 11.2 Å². The molecule has 6 heterocycles. The van der Waals surface area contributed by atoms with Crippen molar-refractivity contribution in [2.45, 2.75) is 49.7 Å². The molecule has 0 aliphatic carbocycles. The number of fused-ring (bicyclic) bond motifs is 6. The number of carbonyl (C=O) groups excluding carboxylic acids is 4. The number of nitrogens with one attached hydrogen (secondary N) is 2. The van der Waals surface area contributed by atoms with Crippen LogP contribution in [0.4, 0.5) is 0 Å². The standard InChI is InChI=1S/2C19H17N3O4S/c2*1-10-9-26-13-3-2-11(4-5-19(25)6-7-21-18(19)24)8-12(13)14-15(10)27-17(22-14)16(20)23/h2*2-3,8,10,25H,6-7,9H2,1H3,(H2,20,23)(H,21,24)/t10-,19+;10-,19-/m10/s1. The number of aromatic nitrogens is 2. The second kappa shape index (κ2) is 14.2. The maximum absolute atomic E-state index is 11.7. The first-order valence-corrected chi connectivity index (χ1v) is 18.6. The van der Waals surface area contributed by atoms with E-state index in [1.807, 2.05) is 13.8 Å². The lowest BCUT2D eigenvalue weighted by molar-refractivity contribution is -0.130. The van der Waals surface area contributed by atoms with Crippen LogP contribution in [0, 0.1) is 23.7 Å². The maximum atomic E-state index is 11.7. The molecule has 0 radical (unpaired) electrons. The first kappa shape index (κ1) is 36.6. The zero-order chi connectivity index (χ0) is 38.4. The molecule has 8 rings (SSSR count). The van der Waals surface area contributed by atoms with Crippen molar-refractivity contribution in [3.05, 3.63) is 67.3 Å². The Kier molecular flexibility index (Phi) is 9.63. The van der Waals surface area contributed by atoms with Crippen molar-refractivity contribution in [2.24, 2.45) is 11.5 Å². The first-order chi connectivity index (χ1) is 25.7. The van der Waals surface area contributed by atoms with Crippen molar-refractivity contribution in [3.63, 3.8) is 0 Å². The third-order valence-electron chi connectivity index (χ3n) is 9.19. The summed E-state index contributed by atoms with van der Waals surface area (Å²) in [5, 5.41) is 26.2. The number of amides is 4. The Bertz CT molecular complexity index is 2200.